The van der Waals surface area contributed by atoms with E-state index in [-0.39, 0.29) is 12.0 Å². The first kappa shape index (κ1) is 13.8. The molecule has 1 aromatic rings. The largest absolute Gasteiger partial charge is 0.481 e. The molecule has 2 N–H and O–H groups in total. The number of hydrogen-bond acceptors (Lipinski definition) is 4. The predicted octanol–water partition coefficient (Wildman–Crippen LogP) is 1.82. The molecule has 0 aliphatic heterocycles. The summed E-state index contributed by atoms with van der Waals surface area (Å²) in [6, 6.07) is 4.12. The van der Waals surface area contributed by atoms with Gasteiger partial charge in [-0.3, -0.25) is 4.79 Å². The average molecular weight is 264 g/mol. The number of hydrogen-bond donors (Lipinski definition) is 2. The summed E-state index contributed by atoms with van der Waals surface area (Å²) >= 11 is 0. The summed E-state index contributed by atoms with van der Waals surface area (Å²) in [5, 5.41) is 12.5. The Hall–Kier alpha value is -1.62. The van der Waals surface area contributed by atoms with E-state index in [1.165, 1.54) is 0 Å². The molecule has 5 heteroatoms. The van der Waals surface area contributed by atoms with Crippen LogP contribution in [-0.2, 0) is 11.3 Å². The predicted molar refractivity (Wildman–Crippen MR) is 71.0 cm³/mol. The first-order valence-electron chi connectivity index (χ1n) is 6.64. The van der Waals surface area contributed by atoms with Crippen molar-refractivity contribution in [2.75, 3.05) is 7.11 Å². The molecule has 0 amide bonds. The van der Waals surface area contributed by atoms with E-state index >= 15 is 0 Å². The number of carbonyl (C=O) groups is 1. The highest BCUT2D eigenvalue weighted by atomic mass is 16.5. The Labute approximate surface area is 113 Å². The Morgan fingerprint density at radius 1 is 1.58 bits per heavy atom. The van der Waals surface area contributed by atoms with Crippen LogP contribution in [0.25, 0.3) is 0 Å². The number of carboxylic acids is 1. The lowest BCUT2D eigenvalue weighted by atomic mass is 9.86. The number of methoxy groups -OCH3 is 1. The second-order valence-corrected chi connectivity index (χ2v) is 4.99. The van der Waals surface area contributed by atoms with Crippen LogP contribution < -0.4 is 10.1 Å². The Bertz CT molecular complexity index is 436. The van der Waals surface area contributed by atoms with Gasteiger partial charge in [0.1, 0.15) is 0 Å². The van der Waals surface area contributed by atoms with Crippen LogP contribution in [0, 0.1) is 5.92 Å². The summed E-state index contributed by atoms with van der Waals surface area (Å²) in [6.07, 6.45) is 5.27. The van der Waals surface area contributed by atoms with Gasteiger partial charge >= 0.3 is 5.97 Å². The van der Waals surface area contributed by atoms with Crippen LogP contribution in [0.3, 0.4) is 0 Å². The third kappa shape index (κ3) is 3.92. The molecule has 1 fully saturated rings. The number of carboxylic acid groups (broad SMARTS) is 1. The Morgan fingerprint density at radius 3 is 3.16 bits per heavy atom. The van der Waals surface area contributed by atoms with Crippen LogP contribution in [-0.4, -0.2) is 29.2 Å². The fourth-order valence-corrected chi connectivity index (χ4v) is 2.53. The fourth-order valence-electron chi connectivity index (χ4n) is 2.53. The molecule has 2 atom stereocenters. The number of nitrogens with zero attached hydrogens (tertiary/aromatic N) is 1. The van der Waals surface area contributed by atoms with Crippen LogP contribution in [0.1, 0.15) is 31.2 Å². The maximum atomic E-state index is 11.0. The second-order valence-electron chi connectivity index (χ2n) is 4.99. The molecule has 0 bridgehead atoms. The molecule has 1 heterocycles. The number of rotatable bonds is 5. The summed E-state index contributed by atoms with van der Waals surface area (Å²) in [7, 11) is 1.60. The quantitative estimate of drug-likeness (QED) is 0.849. The monoisotopic (exact) mass is 264 g/mol. The molecule has 104 valence electrons. The van der Waals surface area contributed by atoms with Gasteiger partial charge < -0.3 is 15.2 Å². The Balaban J connectivity index is 1.86. The lowest BCUT2D eigenvalue weighted by Crippen LogP contribution is -2.36. The molecule has 1 aliphatic carbocycles. The van der Waals surface area contributed by atoms with Crippen LogP contribution in [0.4, 0.5) is 0 Å². The third-order valence-electron chi connectivity index (χ3n) is 3.63. The molecule has 2 unspecified atom stereocenters. The van der Waals surface area contributed by atoms with Gasteiger partial charge in [-0.05, 0) is 30.9 Å². The minimum atomic E-state index is -0.669. The fraction of sp³-hybridized carbons (Fsp3) is 0.571. The highest BCUT2D eigenvalue weighted by molar-refractivity contribution is 5.70. The molecule has 1 aromatic heterocycles. The van der Waals surface area contributed by atoms with Crippen LogP contribution in [0.15, 0.2) is 18.3 Å². The zero-order chi connectivity index (χ0) is 13.7. The molecule has 0 saturated heterocycles. The molecule has 1 aliphatic rings. The van der Waals surface area contributed by atoms with Gasteiger partial charge in [-0.2, -0.15) is 0 Å². The van der Waals surface area contributed by atoms with E-state index < -0.39 is 5.97 Å². The van der Waals surface area contributed by atoms with Crippen LogP contribution >= 0.6 is 0 Å². The molecule has 0 radical (unpaired) electrons. The Morgan fingerprint density at radius 2 is 2.42 bits per heavy atom. The standard InChI is InChI=1S/C14H20N2O3/c1-19-13-7-10(5-6-15-13)9-16-12-4-2-3-11(8-12)14(17)18/h5-7,11-12,16H,2-4,8-9H2,1H3,(H,17,18). The zero-order valence-electron chi connectivity index (χ0n) is 11.1. The van der Waals surface area contributed by atoms with Crippen LogP contribution in [0.5, 0.6) is 5.88 Å². The van der Waals surface area contributed by atoms with Gasteiger partial charge in [-0.1, -0.05) is 6.42 Å². The van der Waals surface area contributed by atoms with Crippen LogP contribution in [0.2, 0.25) is 0 Å². The lowest BCUT2D eigenvalue weighted by molar-refractivity contribution is -0.143. The van der Waals surface area contributed by atoms with Gasteiger partial charge in [0.15, 0.2) is 0 Å². The van der Waals surface area contributed by atoms with Crippen molar-refractivity contribution >= 4 is 5.97 Å². The van der Waals surface area contributed by atoms with Crippen molar-refractivity contribution in [1.82, 2.24) is 10.3 Å². The molecule has 2 rings (SSSR count). The summed E-state index contributed by atoms with van der Waals surface area (Å²) in [4.78, 5) is 15.1. The summed E-state index contributed by atoms with van der Waals surface area (Å²) < 4.78 is 5.08. The van der Waals surface area contributed by atoms with Gasteiger partial charge in [0.05, 0.1) is 13.0 Å². The van der Waals surface area contributed by atoms with E-state index in [1.54, 1.807) is 13.3 Å². The third-order valence-corrected chi connectivity index (χ3v) is 3.63. The molecular formula is C14H20N2O3. The molecule has 0 spiro atoms. The topological polar surface area (TPSA) is 71.5 Å². The maximum absolute atomic E-state index is 11.0. The normalized spacial score (nSPS) is 23.0. The van der Waals surface area contributed by atoms with E-state index in [9.17, 15) is 4.79 Å². The summed E-state index contributed by atoms with van der Waals surface area (Å²) in [6.45, 7) is 0.718. The van der Waals surface area contributed by atoms with E-state index in [2.05, 4.69) is 10.3 Å². The zero-order valence-corrected chi connectivity index (χ0v) is 11.1. The number of nitrogens with one attached hydrogen (secondary N) is 1. The average Bonchev–Trinajstić information content (AvgIpc) is 2.45. The number of ether oxygens (including phenoxy) is 1. The molecule has 19 heavy (non-hydrogen) atoms. The van der Waals surface area contributed by atoms with Gasteiger partial charge in [0.25, 0.3) is 0 Å². The maximum Gasteiger partial charge on any atom is 0.306 e. The minimum Gasteiger partial charge on any atom is -0.481 e. The van der Waals surface area contributed by atoms with Crippen molar-refractivity contribution in [2.45, 2.75) is 38.3 Å². The van der Waals surface area contributed by atoms with Gasteiger partial charge in [0.2, 0.25) is 5.88 Å². The lowest BCUT2D eigenvalue weighted by Gasteiger charge is -2.27. The first-order chi connectivity index (χ1) is 9.19. The highest BCUT2D eigenvalue weighted by Gasteiger charge is 2.26. The first-order valence-corrected chi connectivity index (χ1v) is 6.64. The SMILES string of the molecule is COc1cc(CNC2CCCC(C(=O)O)C2)ccn1. The van der Waals surface area contributed by atoms with E-state index in [0.717, 1.165) is 37.8 Å². The molecular weight excluding hydrogens is 244 g/mol. The van der Waals surface area contributed by atoms with E-state index in [1.807, 2.05) is 12.1 Å². The van der Waals surface area contributed by atoms with Crippen molar-refractivity contribution in [3.8, 4) is 5.88 Å². The number of pyridine rings is 1. The number of aliphatic carboxylic acids is 1. The van der Waals surface area contributed by atoms with E-state index in [4.69, 9.17) is 9.84 Å². The molecule has 0 aromatic carbocycles. The van der Waals surface area contributed by atoms with Crippen molar-refractivity contribution in [3.63, 3.8) is 0 Å². The van der Waals surface area contributed by atoms with Crippen molar-refractivity contribution in [2.24, 2.45) is 5.92 Å². The summed E-state index contributed by atoms with van der Waals surface area (Å²) in [5.41, 5.74) is 1.10. The van der Waals surface area contributed by atoms with Crippen molar-refractivity contribution in [3.05, 3.63) is 23.9 Å². The van der Waals surface area contributed by atoms with Crippen molar-refractivity contribution < 1.29 is 14.6 Å². The molecule has 1 saturated carbocycles. The van der Waals surface area contributed by atoms with E-state index in [0.29, 0.717) is 5.88 Å². The second kappa shape index (κ2) is 6.52. The number of aromatic nitrogens is 1. The van der Waals surface area contributed by atoms with Crippen molar-refractivity contribution in [1.29, 1.82) is 0 Å². The highest BCUT2D eigenvalue weighted by Crippen LogP contribution is 2.24. The Kier molecular flexibility index (Phi) is 4.74. The van der Waals surface area contributed by atoms with Gasteiger partial charge in [-0.25, -0.2) is 4.98 Å². The summed E-state index contributed by atoms with van der Waals surface area (Å²) in [5.74, 6) is -0.262. The van der Waals surface area contributed by atoms with Gasteiger partial charge in [0, 0.05) is 24.8 Å². The van der Waals surface area contributed by atoms with Gasteiger partial charge in [-0.15, -0.1) is 0 Å². The molecule has 5 nitrogen and oxygen atoms in total. The minimum absolute atomic E-state index is 0.196. The smallest absolute Gasteiger partial charge is 0.306 e.